The summed E-state index contributed by atoms with van der Waals surface area (Å²) in [5.74, 6) is 0. The molecule has 97 valence electrons. The van der Waals surface area contributed by atoms with Crippen LogP contribution in [0, 0.1) is 0 Å². The van der Waals surface area contributed by atoms with Crippen molar-refractivity contribution in [2.75, 3.05) is 0 Å². The summed E-state index contributed by atoms with van der Waals surface area (Å²) in [7, 11) is 0. The minimum absolute atomic E-state index is 1.27. The van der Waals surface area contributed by atoms with Gasteiger partial charge >= 0.3 is 105 Å². The number of nitrogens with one attached hydrogen (secondary N) is 2. The third-order valence-corrected chi connectivity index (χ3v) is 18.8. The van der Waals surface area contributed by atoms with E-state index in [2.05, 4.69) is 67.4 Å². The third-order valence-electron chi connectivity index (χ3n) is 3.91. The first-order valence-electron chi connectivity index (χ1n) is 6.21. The molecule has 2 aromatic heterocycles. The normalized spacial score (nSPS) is 14.4. The average molecular weight is 320 g/mol. The van der Waals surface area contributed by atoms with Gasteiger partial charge < -0.3 is 0 Å². The SMILES string of the molecule is C[CH2][Ru]([CH2]C)([CH2]C)([c]1ccc[nH]1)[c]1ccc[nH]1. The summed E-state index contributed by atoms with van der Waals surface area (Å²) in [6.45, 7) is 7.08. The molecule has 0 aliphatic rings. The molecule has 2 nitrogen and oxygen atoms in total. The monoisotopic (exact) mass is 321 g/mol. The van der Waals surface area contributed by atoms with E-state index < -0.39 is 13.6 Å². The van der Waals surface area contributed by atoms with E-state index in [-0.39, 0.29) is 0 Å². The van der Waals surface area contributed by atoms with E-state index in [9.17, 15) is 0 Å². The Morgan fingerprint density at radius 2 is 1.24 bits per heavy atom. The summed E-state index contributed by atoms with van der Waals surface area (Å²) >= 11 is -2.63. The molecule has 0 saturated carbocycles. The van der Waals surface area contributed by atoms with Crippen molar-refractivity contribution in [2.24, 2.45) is 0 Å². The van der Waals surface area contributed by atoms with E-state index >= 15 is 0 Å². The zero-order valence-corrected chi connectivity index (χ0v) is 12.7. The Hall–Kier alpha value is -0.817. The van der Waals surface area contributed by atoms with E-state index in [4.69, 9.17) is 0 Å². The van der Waals surface area contributed by atoms with Crippen molar-refractivity contribution in [3.63, 3.8) is 0 Å². The Kier molecular flexibility index (Phi) is 3.31. The summed E-state index contributed by atoms with van der Waals surface area (Å²) in [6, 6.07) is 8.86. The number of hydrogen-bond donors (Lipinski definition) is 2. The summed E-state index contributed by atoms with van der Waals surface area (Å²) in [4.78, 5) is 7.04. The molecule has 0 aromatic carbocycles. The minimum atomic E-state index is -2.63. The van der Waals surface area contributed by atoms with Crippen molar-refractivity contribution < 1.29 is 13.6 Å². The Morgan fingerprint density at radius 3 is 1.47 bits per heavy atom. The predicted molar refractivity (Wildman–Crippen MR) is 72.3 cm³/mol. The first kappa shape index (κ1) is 12.6. The molecule has 2 rings (SSSR count). The maximum atomic E-state index is 3.52. The van der Waals surface area contributed by atoms with Crippen molar-refractivity contribution in [2.45, 2.75) is 35.8 Å². The number of aromatic amines is 2. The first-order chi connectivity index (χ1) is 8.22. The van der Waals surface area contributed by atoms with Crippen LogP contribution in [0.15, 0.2) is 36.7 Å². The number of H-pyrrole nitrogens is 2. The van der Waals surface area contributed by atoms with Crippen LogP contribution >= 0.6 is 0 Å². The second kappa shape index (κ2) is 4.46. The molecular formula is C14H23N2Ru. The van der Waals surface area contributed by atoms with Gasteiger partial charge in [0.1, 0.15) is 0 Å². The van der Waals surface area contributed by atoms with Gasteiger partial charge in [0.25, 0.3) is 0 Å². The number of hydrogen-bond acceptors (Lipinski definition) is 0. The fraction of sp³-hybridized carbons (Fsp3) is 0.429. The summed E-state index contributed by atoms with van der Waals surface area (Å²) in [6.07, 6.45) is 4.14. The third kappa shape index (κ3) is 1.56. The Labute approximate surface area is 105 Å². The molecule has 0 saturated heterocycles. The van der Waals surface area contributed by atoms with E-state index in [1.807, 2.05) is 0 Å². The van der Waals surface area contributed by atoms with Crippen molar-refractivity contribution in [3.05, 3.63) is 36.7 Å². The molecule has 0 bridgehead atoms. The van der Waals surface area contributed by atoms with Gasteiger partial charge in [-0.2, -0.15) is 0 Å². The molecule has 2 aromatic rings. The first-order valence-corrected chi connectivity index (χ1v) is 11.6. The van der Waals surface area contributed by atoms with E-state index in [0.29, 0.717) is 0 Å². The molecule has 3 heteroatoms. The van der Waals surface area contributed by atoms with Crippen molar-refractivity contribution in [3.8, 4) is 0 Å². The van der Waals surface area contributed by atoms with Crippen molar-refractivity contribution >= 4 is 8.58 Å². The molecule has 0 aliphatic heterocycles. The van der Waals surface area contributed by atoms with Gasteiger partial charge in [0.05, 0.1) is 0 Å². The predicted octanol–water partition coefficient (Wildman–Crippen LogP) is 3.30. The molecule has 2 heterocycles. The van der Waals surface area contributed by atoms with Crippen LogP contribution in [-0.2, 0) is 13.6 Å². The van der Waals surface area contributed by atoms with E-state index in [1.54, 1.807) is 0 Å². The van der Waals surface area contributed by atoms with Crippen LogP contribution in [0.25, 0.3) is 0 Å². The second-order valence-electron chi connectivity index (χ2n) is 4.13. The molecule has 0 amide bonds. The maximum absolute atomic E-state index is 3.52. The van der Waals surface area contributed by atoms with Crippen LogP contribution < -0.4 is 8.58 Å². The standard InChI is InChI=1S/2C4H4N.3C2H5.Ru/c2*1-2-4-5-3-1;3*1-2;/h2*1-3,5H;3*1H2,2H3;. The Morgan fingerprint density at radius 1 is 0.824 bits per heavy atom. The van der Waals surface area contributed by atoms with E-state index in [0.717, 1.165) is 0 Å². The van der Waals surface area contributed by atoms with Crippen LogP contribution in [0.2, 0.25) is 15.0 Å². The van der Waals surface area contributed by atoms with Crippen LogP contribution in [-0.4, -0.2) is 9.97 Å². The van der Waals surface area contributed by atoms with Gasteiger partial charge in [0.15, 0.2) is 0 Å². The molecule has 0 aliphatic carbocycles. The molecule has 0 atom stereocenters. The van der Waals surface area contributed by atoms with Gasteiger partial charge in [-0.25, -0.2) is 0 Å². The van der Waals surface area contributed by atoms with Gasteiger partial charge in [-0.3, -0.25) is 0 Å². The summed E-state index contributed by atoms with van der Waals surface area (Å²) in [5, 5.41) is 3.81. The zero-order valence-electron chi connectivity index (χ0n) is 10.9. The molecular weight excluding hydrogens is 297 g/mol. The Balaban J connectivity index is 2.73. The molecule has 0 unspecified atom stereocenters. The average Bonchev–Trinajstić information content (AvgIpc) is 3.07. The summed E-state index contributed by atoms with van der Waals surface area (Å²) in [5.41, 5.74) is 0. The molecule has 17 heavy (non-hydrogen) atoms. The molecule has 0 fully saturated rings. The summed E-state index contributed by atoms with van der Waals surface area (Å²) < 4.78 is 2.99. The van der Waals surface area contributed by atoms with Crippen LogP contribution in [0.1, 0.15) is 20.8 Å². The second-order valence-corrected chi connectivity index (χ2v) is 16.4. The van der Waals surface area contributed by atoms with Gasteiger partial charge in [0, 0.05) is 0 Å². The number of rotatable bonds is 5. The van der Waals surface area contributed by atoms with Crippen LogP contribution in [0.3, 0.4) is 0 Å². The van der Waals surface area contributed by atoms with E-state index in [1.165, 1.54) is 23.6 Å². The quantitative estimate of drug-likeness (QED) is 0.792. The van der Waals surface area contributed by atoms with Crippen LogP contribution in [0.5, 0.6) is 0 Å². The van der Waals surface area contributed by atoms with Gasteiger partial charge in [-0.15, -0.1) is 0 Å². The van der Waals surface area contributed by atoms with Crippen molar-refractivity contribution in [1.29, 1.82) is 0 Å². The molecule has 0 radical (unpaired) electrons. The fourth-order valence-electron chi connectivity index (χ4n) is 2.63. The Bertz CT molecular complexity index is 403. The van der Waals surface area contributed by atoms with Gasteiger partial charge in [-0.1, -0.05) is 0 Å². The topological polar surface area (TPSA) is 31.6 Å². The van der Waals surface area contributed by atoms with Crippen molar-refractivity contribution in [1.82, 2.24) is 9.97 Å². The zero-order chi connectivity index (χ0) is 12.4. The van der Waals surface area contributed by atoms with Gasteiger partial charge in [0.2, 0.25) is 0 Å². The van der Waals surface area contributed by atoms with Gasteiger partial charge in [-0.05, 0) is 0 Å². The number of aromatic nitrogens is 2. The molecule has 2 N–H and O–H groups in total. The fourth-order valence-corrected chi connectivity index (χ4v) is 13.2. The molecule has 0 spiro atoms. The van der Waals surface area contributed by atoms with Crippen LogP contribution in [0.4, 0.5) is 0 Å².